The van der Waals surface area contributed by atoms with Gasteiger partial charge in [0.15, 0.2) is 0 Å². The molecule has 4 rings (SSSR count). The third-order valence-corrected chi connectivity index (χ3v) is 9.45. The van der Waals surface area contributed by atoms with Gasteiger partial charge in [0.2, 0.25) is 0 Å². The Bertz CT molecular complexity index is 393. The van der Waals surface area contributed by atoms with Crippen LogP contribution in [0, 0.1) is 40.9 Å². The Morgan fingerprint density at radius 3 is 1.83 bits per heavy atom. The first-order valence-electron chi connectivity index (χ1n) is 11.3. The molecule has 0 aromatic heterocycles. The maximum absolute atomic E-state index is 2.57. The van der Waals surface area contributed by atoms with E-state index in [1.165, 1.54) is 25.7 Å². The van der Waals surface area contributed by atoms with Crippen molar-refractivity contribution in [3.63, 3.8) is 0 Å². The minimum atomic E-state index is 0.713. The van der Waals surface area contributed by atoms with Gasteiger partial charge in [-0.25, -0.2) is 0 Å². The van der Waals surface area contributed by atoms with Gasteiger partial charge >= 0.3 is 0 Å². The van der Waals surface area contributed by atoms with E-state index >= 15 is 0 Å². The minimum Gasteiger partial charge on any atom is -0.0648 e. The van der Waals surface area contributed by atoms with Crippen LogP contribution in [-0.4, -0.2) is 0 Å². The van der Waals surface area contributed by atoms with Crippen LogP contribution in [0.2, 0.25) is 0 Å². The summed E-state index contributed by atoms with van der Waals surface area (Å²) in [5.74, 6) is 6.65. The highest BCUT2D eigenvalue weighted by molar-refractivity contribution is 5.03. The van der Waals surface area contributed by atoms with E-state index in [-0.39, 0.29) is 0 Å². The fourth-order valence-electron chi connectivity index (χ4n) is 8.50. The quantitative estimate of drug-likeness (QED) is 0.513. The van der Waals surface area contributed by atoms with Crippen molar-refractivity contribution < 1.29 is 0 Å². The molecule has 4 saturated carbocycles. The monoisotopic (exact) mass is 316 g/mol. The van der Waals surface area contributed by atoms with Gasteiger partial charge in [-0.05, 0) is 85.9 Å². The van der Waals surface area contributed by atoms with Crippen LogP contribution in [0.4, 0.5) is 0 Å². The minimum absolute atomic E-state index is 0.713. The lowest BCUT2D eigenvalue weighted by Crippen LogP contribution is -2.45. The second-order valence-electron chi connectivity index (χ2n) is 9.72. The van der Waals surface area contributed by atoms with Gasteiger partial charge in [-0.15, -0.1) is 0 Å². The number of rotatable bonds is 4. The summed E-state index contributed by atoms with van der Waals surface area (Å²) in [7, 11) is 0. The molecule has 132 valence electrons. The van der Waals surface area contributed by atoms with Crippen molar-refractivity contribution in [1.82, 2.24) is 0 Å². The van der Waals surface area contributed by atoms with Gasteiger partial charge in [-0.3, -0.25) is 0 Å². The zero-order valence-corrected chi connectivity index (χ0v) is 15.9. The third kappa shape index (κ3) is 2.62. The van der Waals surface area contributed by atoms with Crippen molar-refractivity contribution in [3.05, 3.63) is 0 Å². The van der Waals surface area contributed by atoms with Gasteiger partial charge < -0.3 is 0 Å². The van der Waals surface area contributed by atoms with Crippen molar-refractivity contribution in [2.75, 3.05) is 0 Å². The molecule has 0 nitrogen and oxygen atoms in total. The highest BCUT2D eigenvalue weighted by Crippen LogP contribution is 2.62. The standard InChI is InChI=1S/C23H40/c1-3-23(4-2,21-14-8-11-17-10-7-13-20(17)21)22-16-15-18-9-5-6-12-19(18)22/h17-22H,3-16H2,1-2H3/t17?,18?,19?,20?,21-,22+/m1/s1. The Kier molecular flexibility index (Phi) is 4.81. The summed E-state index contributed by atoms with van der Waals surface area (Å²) in [6.07, 6.45) is 21.8. The predicted molar refractivity (Wildman–Crippen MR) is 99.4 cm³/mol. The van der Waals surface area contributed by atoms with E-state index in [9.17, 15) is 0 Å². The van der Waals surface area contributed by atoms with E-state index in [0.717, 1.165) is 35.5 Å². The molecule has 0 aromatic rings. The van der Waals surface area contributed by atoms with Gasteiger partial charge in [0, 0.05) is 0 Å². The van der Waals surface area contributed by atoms with Gasteiger partial charge in [-0.2, -0.15) is 0 Å². The first-order valence-corrected chi connectivity index (χ1v) is 11.3. The van der Waals surface area contributed by atoms with Gasteiger partial charge in [0.05, 0.1) is 0 Å². The van der Waals surface area contributed by atoms with Crippen LogP contribution < -0.4 is 0 Å². The van der Waals surface area contributed by atoms with Crippen molar-refractivity contribution in [2.24, 2.45) is 40.9 Å². The van der Waals surface area contributed by atoms with Crippen LogP contribution in [0.15, 0.2) is 0 Å². The predicted octanol–water partition coefficient (Wildman–Crippen LogP) is 7.23. The molecule has 0 radical (unpaired) electrons. The van der Waals surface area contributed by atoms with E-state index in [2.05, 4.69) is 13.8 Å². The normalized spacial score (nSPS) is 44.1. The van der Waals surface area contributed by atoms with Crippen LogP contribution >= 0.6 is 0 Å². The zero-order chi connectivity index (χ0) is 15.9. The molecule has 0 N–H and O–H groups in total. The molecule has 0 heterocycles. The fraction of sp³-hybridized carbons (Fsp3) is 1.00. The molecule has 0 bridgehead atoms. The highest BCUT2D eigenvalue weighted by atomic mass is 14.6. The molecule has 4 unspecified atom stereocenters. The number of hydrogen-bond donors (Lipinski definition) is 0. The van der Waals surface area contributed by atoms with Crippen LogP contribution in [0.5, 0.6) is 0 Å². The molecule has 0 aromatic carbocycles. The van der Waals surface area contributed by atoms with Gasteiger partial charge in [-0.1, -0.05) is 58.8 Å². The third-order valence-electron chi connectivity index (χ3n) is 9.45. The molecule has 23 heavy (non-hydrogen) atoms. The number of hydrogen-bond acceptors (Lipinski definition) is 0. The van der Waals surface area contributed by atoms with Crippen LogP contribution in [-0.2, 0) is 0 Å². The van der Waals surface area contributed by atoms with Crippen LogP contribution in [0.3, 0.4) is 0 Å². The summed E-state index contributed by atoms with van der Waals surface area (Å²) in [6.45, 7) is 5.14. The highest BCUT2D eigenvalue weighted by Gasteiger charge is 2.54. The zero-order valence-electron chi connectivity index (χ0n) is 15.9. The number of fused-ring (bicyclic) bond motifs is 2. The Morgan fingerprint density at radius 1 is 0.565 bits per heavy atom. The maximum Gasteiger partial charge on any atom is -0.0241 e. The largest absolute Gasteiger partial charge is 0.0648 e. The average molecular weight is 317 g/mol. The smallest absolute Gasteiger partial charge is 0.0241 e. The van der Waals surface area contributed by atoms with Crippen molar-refractivity contribution in [1.29, 1.82) is 0 Å². The first kappa shape index (κ1) is 16.5. The molecule has 4 aliphatic rings. The molecular weight excluding hydrogens is 276 g/mol. The lowest BCUT2D eigenvalue weighted by molar-refractivity contribution is -0.0387. The molecule has 0 aliphatic heterocycles. The van der Waals surface area contributed by atoms with E-state index in [1.54, 1.807) is 64.2 Å². The second kappa shape index (κ2) is 6.72. The molecule has 0 saturated heterocycles. The SMILES string of the molecule is CCC(CC)([C@@H]1CCCC2CCCC21)[C@H]1CCC2CCCCC21. The van der Waals surface area contributed by atoms with E-state index in [1.807, 2.05) is 0 Å². The van der Waals surface area contributed by atoms with Crippen molar-refractivity contribution >= 4 is 0 Å². The summed E-state index contributed by atoms with van der Waals surface area (Å²) in [6, 6.07) is 0. The molecule has 4 fully saturated rings. The van der Waals surface area contributed by atoms with Crippen molar-refractivity contribution in [3.8, 4) is 0 Å². The Labute approximate surface area is 145 Å². The summed E-state index contributed by atoms with van der Waals surface area (Å²) in [5, 5.41) is 0. The van der Waals surface area contributed by atoms with Gasteiger partial charge in [0.1, 0.15) is 0 Å². The lowest BCUT2D eigenvalue weighted by atomic mass is 9.52. The summed E-state index contributed by atoms with van der Waals surface area (Å²) in [4.78, 5) is 0. The van der Waals surface area contributed by atoms with E-state index in [0.29, 0.717) is 5.41 Å². The Balaban J connectivity index is 1.62. The maximum atomic E-state index is 2.57. The Hall–Kier alpha value is 0. The van der Waals surface area contributed by atoms with Crippen molar-refractivity contribution in [2.45, 2.75) is 104 Å². The molecule has 0 spiro atoms. The van der Waals surface area contributed by atoms with Crippen LogP contribution in [0.25, 0.3) is 0 Å². The van der Waals surface area contributed by atoms with Crippen LogP contribution in [0.1, 0.15) is 104 Å². The fourth-order valence-corrected chi connectivity index (χ4v) is 8.50. The second-order valence-corrected chi connectivity index (χ2v) is 9.72. The summed E-state index contributed by atoms with van der Waals surface area (Å²) in [5.41, 5.74) is 0.713. The average Bonchev–Trinajstić information content (AvgIpc) is 3.24. The first-order chi connectivity index (χ1) is 11.3. The molecule has 0 amide bonds. The van der Waals surface area contributed by atoms with E-state index in [4.69, 9.17) is 0 Å². The molecule has 6 atom stereocenters. The summed E-state index contributed by atoms with van der Waals surface area (Å²) >= 11 is 0. The molecule has 0 heteroatoms. The lowest BCUT2D eigenvalue weighted by Gasteiger charge is -2.53. The topological polar surface area (TPSA) is 0 Å². The Morgan fingerprint density at radius 2 is 1.09 bits per heavy atom. The van der Waals surface area contributed by atoms with Gasteiger partial charge in [0.25, 0.3) is 0 Å². The van der Waals surface area contributed by atoms with E-state index < -0.39 is 0 Å². The molecular formula is C23H40. The summed E-state index contributed by atoms with van der Waals surface area (Å²) < 4.78 is 0. The molecule has 4 aliphatic carbocycles.